The number of hydrogen-bond acceptors (Lipinski definition) is 5. The molecule has 0 radical (unpaired) electrons. The molecule has 0 saturated carbocycles. The summed E-state index contributed by atoms with van der Waals surface area (Å²) in [5.41, 5.74) is 3.21. The van der Waals surface area contributed by atoms with Gasteiger partial charge in [0.1, 0.15) is 5.01 Å². The van der Waals surface area contributed by atoms with Gasteiger partial charge in [-0.3, -0.25) is 14.3 Å². The van der Waals surface area contributed by atoms with Crippen LogP contribution in [0.25, 0.3) is 16.2 Å². The normalized spacial score (nSPS) is 12.2. The highest BCUT2D eigenvalue weighted by Crippen LogP contribution is 2.31. The van der Waals surface area contributed by atoms with Gasteiger partial charge >= 0.3 is 0 Å². The molecule has 0 unspecified atom stereocenters. The van der Waals surface area contributed by atoms with Crippen LogP contribution in [0.4, 0.5) is 0 Å². The van der Waals surface area contributed by atoms with Crippen molar-refractivity contribution in [1.82, 2.24) is 24.9 Å². The molecular formula is C19H17N5OS2. The molecule has 4 rings (SSSR count). The molecule has 3 heterocycles. The van der Waals surface area contributed by atoms with E-state index in [0.29, 0.717) is 16.0 Å². The van der Waals surface area contributed by atoms with E-state index in [2.05, 4.69) is 20.5 Å². The van der Waals surface area contributed by atoms with E-state index >= 15 is 0 Å². The lowest BCUT2D eigenvalue weighted by molar-refractivity contribution is 0.0940. The number of aromatic amines is 1. The average molecular weight is 396 g/mol. The van der Waals surface area contributed by atoms with Crippen molar-refractivity contribution in [3.8, 4) is 10.6 Å². The van der Waals surface area contributed by atoms with E-state index in [1.165, 1.54) is 0 Å². The van der Waals surface area contributed by atoms with Crippen LogP contribution in [0.2, 0.25) is 0 Å². The molecule has 0 spiro atoms. The van der Waals surface area contributed by atoms with Gasteiger partial charge in [-0.25, -0.2) is 4.98 Å². The first-order valence-electron chi connectivity index (χ1n) is 8.43. The number of nitrogens with one attached hydrogen (secondary N) is 2. The lowest BCUT2D eigenvalue weighted by Gasteiger charge is -2.13. The third-order valence-electron chi connectivity index (χ3n) is 4.27. The lowest BCUT2D eigenvalue weighted by Crippen LogP contribution is -2.26. The number of amides is 1. The predicted octanol–water partition coefficient (Wildman–Crippen LogP) is 4.31. The van der Waals surface area contributed by atoms with Crippen LogP contribution in [0, 0.1) is 11.7 Å². The fraction of sp³-hybridized carbons (Fsp3) is 0.158. The van der Waals surface area contributed by atoms with Crippen molar-refractivity contribution in [1.29, 1.82) is 0 Å². The Morgan fingerprint density at radius 3 is 2.81 bits per heavy atom. The molecule has 3 aromatic heterocycles. The van der Waals surface area contributed by atoms with E-state index in [1.807, 2.05) is 44.2 Å². The largest absolute Gasteiger partial charge is 0.345 e. The molecule has 0 saturated heterocycles. The number of pyridine rings is 1. The highest BCUT2D eigenvalue weighted by atomic mass is 32.1. The first-order chi connectivity index (χ1) is 13.0. The van der Waals surface area contributed by atoms with Crippen molar-refractivity contribution < 1.29 is 4.79 Å². The topological polar surface area (TPSA) is 75.1 Å². The molecule has 0 bridgehead atoms. The molecule has 6 nitrogen and oxygen atoms in total. The summed E-state index contributed by atoms with van der Waals surface area (Å²) in [6.45, 7) is 3.94. The Morgan fingerprint density at radius 1 is 1.26 bits per heavy atom. The molecule has 0 aliphatic heterocycles. The van der Waals surface area contributed by atoms with Gasteiger partial charge in [-0.2, -0.15) is 5.10 Å². The maximum atomic E-state index is 12.7. The van der Waals surface area contributed by atoms with Gasteiger partial charge in [-0.05, 0) is 38.2 Å². The molecule has 4 aromatic rings. The first-order valence-corrected chi connectivity index (χ1v) is 9.66. The summed E-state index contributed by atoms with van der Waals surface area (Å²) in [5.74, 6) is -0.165. The summed E-state index contributed by atoms with van der Waals surface area (Å²) in [7, 11) is 0. The smallest absolute Gasteiger partial charge is 0.253 e. The molecule has 2 N–H and O–H groups in total. The third kappa shape index (κ3) is 3.41. The molecule has 0 aliphatic rings. The standard InChI is InChI=1S/C19H17N5OS2/c1-11(16-12(2)21-18(27-16)13-6-4-3-5-7-13)20-17(25)14-8-9-15-22-23-19(26)24(15)10-14/h3-11H,1-2H3,(H,20,25)(H,23,26)/t11-/m0/s1. The Balaban J connectivity index is 1.57. The Kier molecular flexibility index (Phi) is 4.59. The number of H-pyrrole nitrogens is 1. The number of carbonyl (C=O) groups excluding carboxylic acids is 1. The number of thiazole rings is 1. The van der Waals surface area contributed by atoms with Gasteiger partial charge in [0.2, 0.25) is 0 Å². The molecule has 0 aliphatic carbocycles. The van der Waals surface area contributed by atoms with Crippen LogP contribution in [0.1, 0.15) is 33.9 Å². The number of fused-ring (bicyclic) bond motifs is 1. The maximum Gasteiger partial charge on any atom is 0.253 e. The number of benzene rings is 1. The monoisotopic (exact) mass is 395 g/mol. The van der Waals surface area contributed by atoms with Crippen LogP contribution in [0.5, 0.6) is 0 Å². The van der Waals surface area contributed by atoms with E-state index in [0.717, 1.165) is 21.1 Å². The lowest BCUT2D eigenvalue weighted by atomic mass is 10.2. The van der Waals surface area contributed by atoms with Crippen molar-refractivity contribution >= 4 is 35.1 Å². The molecule has 0 fully saturated rings. The van der Waals surface area contributed by atoms with Crippen LogP contribution in [-0.4, -0.2) is 25.5 Å². The Morgan fingerprint density at radius 2 is 2.04 bits per heavy atom. The molecule has 1 amide bonds. The van der Waals surface area contributed by atoms with Crippen LogP contribution < -0.4 is 5.32 Å². The summed E-state index contributed by atoms with van der Waals surface area (Å²) < 4.78 is 2.14. The summed E-state index contributed by atoms with van der Waals surface area (Å²) in [4.78, 5) is 18.4. The molecule has 136 valence electrons. The van der Waals surface area contributed by atoms with E-state index < -0.39 is 0 Å². The highest BCUT2D eigenvalue weighted by Gasteiger charge is 2.18. The minimum absolute atomic E-state index is 0.152. The Bertz CT molecular complexity index is 1180. The van der Waals surface area contributed by atoms with Crippen LogP contribution in [0.15, 0.2) is 48.7 Å². The zero-order chi connectivity index (χ0) is 19.0. The third-order valence-corrected chi connectivity index (χ3v) is 5.95. The first kappa shape index (κ1) is 17.6. The van der Waals surface area contributed by atoms with Crippen molar-refractivity contribution in [3.05, 3.63) is 69.6 Å². The number of rotatable bonds is 4. The van der Waals surface area contributed by atoms with E-state index in [-0.39, 0.29) is 11.9 Å². The van der Waals surface area contributed by atoms with Gasteiger partial charge in [-0.1, -0.05) is 30.3 Å². The van der Waals surface area contributed by atoms with Crippen LogP contribution >= 0.6 is 23.6 Å². The average Bonchev–Trinajstić information content (AvgIpc) is 3.25. The SMILES string of the molecule is Cc1nc(-c2ccccc2)sc1[C@H](C)NC(=O)c1ccc2n[nH]c(=S)n2c1. The second-order valence-electron chi connectivity index (χ2n) is 6.20. The Hall–Kier alpha value is -2.84. The maximum absolute atomic E-state index is 12.7. The summed E-state index contributed by atoms with van der Waals surface area (Å²) >= 11 is 6.77. The van der Waals surface area contributed by atoms with Gasteiger partial charge in [0.25, 0.3) is 5.91 Å². The van der Waals surface area contributed by atoms with Crippen LogP contribution in [0.3, 0.4) is 0 Å². The van der Waals surface area contributed by atoms with Gasteiger partial charge in [-0.15, -0.1) is 11.3 Å². The Labute approximate surface area is 164 Å². The number of nitrogens with zero attached hydrogens (tertiary/aromatic N) is 3. The summed E-state index contributed by atoms with van der Waals surface area (Å²) in [6, 6.07) is 13.4. The minimum Gasteiger partial charge on any atom is -0.345 e. The van der Waals surface area contributed by atoms with Crippen LogP contribution in [-0.2, 0) is 0 Å². The molecule has 8 heteroatoms. The number of aryl methyl sites for hydroxylation is 1. The summed E-state index contributed by atoms with van der Waals surface area (Å²) in [6.07, 6.45) is 1.69. The molecular weight excluding hydrogens is 378 g/mol. The van der Waals surface area contributed by atoms with Crippen molar-refractivity contribution in [2.45, 2.75) is 19.9 Å². The second kappa shape index (κ2) is 7.05. The van der Waals surface area contributed by atoms with Gasteiger partial charge in [0.05, 0.1) is 22.2 Å². The zero-order valence-electron chi connectivity index (χ0n) is 14.8. The number of aromatic nitrogens is 4. The number of carbonyl (C=O) groups is 1. The fourth-order valence-electron chi connectivity index (χ4n) is 2.90. The summed E-state index contributed by atoms with van der Waals surface area (Å²) in [5, 5.41) is 10.8. The van der Waals surface area contributed by atoms with E-state index in [9.17, 15) is 4.79 Å². The number of hydrogen-bond donors (Lipinski definition) is 2. The molecule has 1 atom stereocenters. The van der Waals surface area contributed by atoms with Crippen molar-refractivity contribution in [3.63, 3.8) is 0 Å². The quantitative estimate of drug-likeness (QED) is 0.505. The van der Waals surface area contributed by atoms with Crippen molar-refractivity contribution in [2.75, 3.05) is 0 Å². The van der Waals surface area contributed by atoms with Gasteiger partial charge < -0.3 is 5.32 Å². The van der Waals surface area contributed by atoms with E-state index in [1.54, 1.807) is 34.1 Å². The zero-order valence-corrected chi connectivity index (χ0v) is 16.4. The van der Waals surface area contributed by atoms with Gasteiger partial charge in [0, 0.05) is 11.8 Å². The molecule has 27 heavy (non-hydrogen) atoms. The fourth-order valence-corrected chi connectivity index (χ4v) is 4.17. The molecule has 1 aromatic carbocycles. The highest BCUT2D eigenvalue weighted by molar-refractivity contribution is 7.71. The second-order valence-corrected chi connectivity index (χ2v) is 7.62. The predicted molar refractivity (Wildman–Crippen MR) is 109 cm³/mol. The van der Waals surface area contributed by atoms with Gasteiger partial charge in [0.15, 0.2) is 10.4 Å². The van der Waals surface area contributed by atoms with E-state index in [4.69, 9.17) is 12.2 Å². The minimum atomic E-state index is -0.165. The van der Waals surface area contributed by atoms with Crippen molar-refractivity contribution in [2.24, 2.45) is 0 Å².